The molecule has 1 aliphatic carbocycles. The molecule has 16 heavy (non-hydrogen) atoms. The summed E-state index contributed by atoms with van der Waals surface area (Å²) in [4.78, 5) is 2.41. The van der Waals surface area contributed by atoms with E-state index in [2.05, 4.69) is 23.2 Å². The van der Waals surface area contributed by atoms with Crippen molar-refractivity contribution in [1.29, 1.82) is 0 Å². The third-order valence-electron chi connectivity index (χ3n) is 3.49. The SMILES string of the molecule is CN(CCc1cnn(C)c1)C(CN)C1CC1. The van der Waals surface area contributed by atoms with Gasteiger partial charge in [-0.15, -0.1) is 0 Å². The summed E-state index contributed by atoms with van der Waals surface area (Å²) in [6, 6.07) is 0.580. The Bertz CT molecular complexity index is 330. The molecule has 1 heterocycles. The van der Waals surface area contributed by atoms with Crippen molar-refractivity contribution in [1.82, 2.24) is 14.7 Å². The third-order valence-corrected chi connectivity index (χ3v) is 3.49. The average molecular weight is 222 g/mol. The van der Waals surface area contributed by atoms with Gasteiger partial charge in [-0.1, -0.05) is 0 Å². The minimum absolute atomic E-state index is 0.580. The van der Waals surface area contributed by atoms with Crippen molar-refractivity contribution in [2.45, 2.75) is 25.3 Å². The van der Waals surface area contributed by atoms with Gasteiger partial charge in [0.25, 0.3) is 0 Å². The van der Waals surface area contributed by atoms with Gasteiger partial charge >= 0.3 is 0 Å². The average Bonchev–Trinajstić information content (AvgIpc) is 3.00. The van der Waals surface area contributed by atoms with Gasteiger partial charge in [0.1, 0.15) is 0 Å². The van der Waals surface area contributed by atoms with E-state index in [1.165, 1.54) is 18.4 Å². The normalized spacial score (nSPS) is 18.0. The van der Waals surface area contributed by atoms with E-state index in [1.807, 2.05) is 17.9 Å². The van der Waals surface area contributed by atoms with Crippen LogP contribution in [0, 0.1) is 5.92 Å². The van der Waals surface area contributed by atoms with Crippen LogP contribution >= 0.6 is 0 Å². The monoisotopic (exact) mass is 222 g/mol. The molecule has 0 bridgehead atoms. The van der Waals surface area contributed by atoms with Gasteiger partial charge in [0.15, 0.2) is 0 Å². The van der Waals surface area contributed by atoms with Gasteiger partial charge in [0, 0.05) is 32.4 Å². The lowest BCUT2D eigenvalue weighted by Gasteiger charge is -2.26. The standard InChI is InChI=1S/C12H22N4/c1-15(12(7-13)11-3-4-11)6-5-10-8-14-16(2)9-10/h8-9,11-12H,3-7,13H2,1-2H3. The summed E-state index contributed by atoms with van der Waals surface area (Å²) in [5.41, 5.74) is 7.14. The number of likely N-dealkylation sites (N-methyl/N-ethyl adjacent to an activating group) is 1. The fraction of sp³-hybridized carbons (Fsp3) is 0.750. The number of hydrogen-bond donors (Lipinski definition) is 1. The Labute approximate surface area is 97.4 Å². The van der Waals surface area contributed by atoms with Crippen molar-refractivity contribution in [3.8, 4) is 0 Å². The maximum Gasteiger partial charge on any atom is 0.0522 e. The summed E-state index contributed by atoms with van der Waals surface area (Å²) >= 11 is 0. The van der Waals surface area contributed by atoms with E-state index in [0.29, 0.717) is 6.04 Å². The van der Waals surface area contributed by atoms with Gasteiger partial charge < -0.3 is 10.6 Å². The van der Waals surface area contributed by atoms with Crippen LogP contribution in [0.1, 0.15) is 18.4 Å². The van der Waals surface area contributed by atoms with E-state index in [1.54, 1.807) is 0 Å². The molecule has 0 aliphatic heterocycles. The first-order chi connectivity index (χ1) is 7.70. The van der Waals surface area contributed by atoms with Crippen LogP contribution in [0.15, 0.2) is 12.4 Å². The third kappa shape index (κ3) is 2.83. The summed E-state index contributed by atoms with van der Waals surface area (Å²) in [5.74, 6) is 0.851. The molecule has 1 aromatic rings. The van der Waals surface area contributed by atoms with Crippen LogP contribution in [0.3, 0.4) is 0 Å². The lowest BCUT2D eigenvalue weighted by molar-refractivity contribution is 0.226. The molecule has 0 saturated heterocycles. The maximum absolute atomic E-state index is 5.83. The first kappa shape index (κ1) is 11.6. The quantitative estimate of drug-likeness (QED) is 0.768. The van der Waals surface area contributed by atoms with Crippen molar-refractivity contribution in [3.05, 3.63) is 18.0 Å². The van der Waals surface area contributed by atoms with Gasteiger partial charge in [-0.05, 0) is 37.8 Å². The molecule has 0 aromatic carbocycles. The Balaban J connectivity index is 1.80. The van der Waals surface area contributed by atoms with Gasteiger partial charge in [0.2, 0.25) is 0 Å². The highest BCUT2D eigenvalue weighted by Crippen LogP contribution is 2.34. The van der Waals surface area contributed by atoms with Crippen molar-refractivity contribution >= 4 is 0 Å². The van der Waals surface area contributed by atoms with E-state index in [0.717, 1.165) is 25.4 Å². The minimum Gasteiger partial charge on any atom is -0.329 e. The molecular formula is C12H22N4. The zero-order valence-electron chi connectivity index (χ0n) is 10.3. The number of aryl methyl sites for hydroxylation is 1. The van der Waals surface area contributed by atoms with Gasteiger partial charge in [-0.25, -0.2) is 0 Å². The van der Waals surface area contributed by atoms with Crippen LogP contribution in [0.4, 0.5) is 0 Å². The highest BCUT2D eigenvalue weighted by Gasteiger charge is 2.32. The fourth-order valence-corrected chi connectivity index (χ4v) is 2.29. The Morgan fingerprint density at radius 2 is 2.38 bits per heavy atom. The van der Waals surface area contributed by atoms with Crippen molar-refractivity contribution in [3.63, 3.8) is 0 Å². The molecule has 0 radical (unpaired) electrons. The smallest absolute Gasteiger partial charge is 0.0522 e. The van der Waals surface area contributed by atoms with Crippen LogP contribution in [0.25, 0.3) is 0 Å². The molecule has 90 valence electrons. The molecule has 1 aliphatic rings. The second-order valence-electron chi connectivity index (χ2n) is 4.89. The van der Waals surface area contributed by atoms with Gasteiger partial charge in [0.05, 0.1) is 6.20 Å². The Morgan fingerprint density at radius 3 is 2.88 bits per heavy atom. The predicted molar refractivity (Wildman–Crippen MR) is 65.1 cm³/mol. The minimum atomic E-state index is 0.580. The van der Waals surface area contributed by atoms with Gasteiger partial charge in [-0.3, -0.25) is 4.68 Å². The van der Waals surface area contributed by atoms with E-state index < -0.39 is 0 Å². The molecule has 1 saturated carbocycles. The topological polar surface area (TPSA) is 47.1 Å². The molecule has 0 spiro atoms. The molecule has 4 nitrogen and oxygen atoms in total. The number of nitrogens with two attached hydrogens (primary N) is 1. The molecule has 1 aromatic heterocycles. The first-order valence-electron chi connectivity index (χ1n) is 6.08. The van der Waals surface area contributed by atoms with E-state index in [-0.39, 0.29) is 0 Å². The van der Waals surface area contributed by atoms with Crippen molar-refractivity contribution < 1.29 is 0 Å². The van der Waals surface area contributed by atoms with Crippen LogP contribution in [-0.2, 0) is 13.5 Å². The fourth-order valence-electron chi connectivity index (χ4n) is 2.29. The summed E-state index contributed by atoms with van der Waals surface area (Å²) in [5, 5.41) is 4.18. The first-order valence-corrected chi connectivity index (χ1v) is 6.08. The Kier molecular flexibility index (Phi) is 3.61. The second-order valence-corrected chi connectivity index (χ2v) is 4.89. The number of aromatic nitrogens is 2. The number of hydrogen-bond acceptors (Lipinski definition) is 3. The van der Waals surface area contributed by atoms with E-state index in [4.69, 9.17) is 5.73 Å². The van der Waals surface area contributed by atoms with Crippen LogP contribution in [0.5, 0.6) is 0 Å². The lowest BCUT2D eigenvalue weighted by atomic mass is 10.1. The molecule has 1 atom stereocenters. The summed E-state index contributed by atoms with van der Waals surface area (Å²) in [6.07, 6.45) is 7.82. The van der Waals surface area contributed by atoms with Crippen molar-refractivity contribution in [2.75, 3.05) is 20.1 Å². The largest absolute Gasteiger partial charge is 0.329 e. The summed E-state index contributed by atoms with van der Waals surface area (Å²) in [6.45, 7) is 1.86. The Hall–Kier alpha value is -0.870. The molecule has 1 unspecified atom stereocenters. The highest BCUT2D eigenvalue weighted by molar-refractivity contribution is 5.04. The number of rotatable bonds is 6. The van der Waals surface area contributed by atoms with Crippen LogP contribution in [-0.4, -0.2) is 40.9 Å². The summed E-state index contributed by atoms with van der Waals surface area (Å²) < 4.78 is 1.86. The van der Waals surface area contributed by atoms with Crippen molar-refractivity contribution in [2.24, 2.45) is 18.7 Å². The van der Waals surface area contributed by atoms with E-state index in [9.17, 15) is 0 Å². The van der Waals surface area contributed by atoms with E-state index >= 15 is 0 Å². The number of nitrogens with zero attached hydrogens (tertiary/aromatic N) is 3. The highest BCUT2D eigenvalue weighted by atomic mass is 15.2. The second kappa shape index (κ2) is 4.97. The Morgan fingerprint density at radius 1 is 1.62 bits per heavy atom. The molecule has 4 heteroatoms. The summed E-state index contributed by atoms with van der Waals surface area (Å²) in [7, 11) is 4.15. The predicted octanol–water partition coefficient (Wildman–Crippen LogP) is 0.632. The van der Waals surface area contributed by atoms with Crippen LogP contribution < -0.4 is 5.73 Å². The molecule has 2 rings (SSSR count). The lowest BCUT2D eigenvalue weighted by Crippen LogP contribution is -2.40. The molecule has 2 N–H and O–H groups in total. The zero-order chi connectivity index (χ0) is 11.5. The van der Waals surface area contributed by atoms with Gasteiger partial charge in [-0.2, -0.15) is 5.10 Å². The molecular weight excluding hydrogens is 200 g/mol. The molecule has 1 fully saturated rings. The molecule has 0 amide bonds. The maximum atomic E-state index is 5.83. The van der Waals surface area contributed by atoms with Crippen LogP contribution in [0.2, 0.25) is 0 Å². The zero-order valence-corrected chi connectivity index (χ0v) is 10.3.